The fourth-order valence-electron chi connectivity index (χ4n) is 5.34. The summed E-state index contributed by atoms with van der Waals surface area (Å²) in [6, 6.07) is 11.5. The third kappa shape index (κ3) is 7.48. The number of benzene rings is 1. The normalized spacial score (nSPS) is 14.6. The van der Waals surface area contributed by atoms with Gasteiger partial charge in [0.05, 0.1) is 5.52 Å². The number of aromatic nitrogens is 2. The van der Waals surface area contributed by atoms with Crippen molar-refractivity contribution in [2.45, 2.75) is 66.7 Å². The SMILES string of the molecule is CC(=O)c1ccccc1-c1nn2ccc(C(=O)N(CCC(C)C)CCC(C)C)cc2c1C=CCN1CCCCC1. The van der Waals surface area contributed by atoms with Crippen molar-refractivity contribution in [2.24, 2.45) is 11.8 Å². The van der Waals surface area contributed by atoms with Crippen molar-refractivity contribution < 1.29 is 9.59 Å². The van der Waals surface area contributed by atoms with Crippen molar-refractivity contribution >= 4 is 23.3 Å². The number of carbonyl (C=O) groups is 2. The van der Waals surface area contributed by atoms with Crippen LogP contribution < -0.4 is 0 Å². The first-order valence-electron chi connectivity index (χ1n) is 15.1. The first-order chi connectivity index (χ1) is 19.2. The molecule has 0 saturated carbocycles. The lowest BCUT2D eigenvalue weighted by Crippen LogP contribution is -2.34. The predicted octanol–water partition coefficient (Wildman–Crippen LogP) is 7.24. The summed E-state index contributed by atoms with van der Waals surface area (Å²) in [6.07, 6.45) is 12.0. The summed E-state index contributed by atoms with van der Waals surface area (Å²) < 4.78 is 1.84. The number of hydrogen-bond acceptors (Lipinski definition) is 4. The Morgan fingerprint density at radius 1 is 0.975 bits per heavy atom. The van der Waals surface area contributed by atoms with Crippen LogP contribution in [0.25, 0.3) is 22.9 Å². The van der Waals surface area contributed by atoms with Crippen LogP contribution in [-0.4, -0.2) is 63.8 Å². The van der Waals surface area contributed by atoms with Gasteiger partial charge in [0.15, 0.2) is 5.78 Å². The maximum atomic E-state index is 13.8. The lowest BCUT2D eigenvalue weighted by atomic mass is 9.98. The molecule has 4 rings (SSSR count). The van der Waals surface area contributed by atoms with Crippen LogP contribution in [0.5, 0.6) is 0 Å². The first kappa shape index (κ1) is 29.7. The highest BCUT2D eigenvalue weighted by Crippen LogP contribution is 2.31. The standard InChI is InChI=1S/C34H46N4O2/c1-25(2)15-21-37(22-16-26(3)4)34(40)28-17-23-38-32(24-28)31(14-11-20-36-18-9-6-10-19-36)33(35-38)30-13-8-7-12-29(30)27(5)39/h7-8,11-14,17,23-26H,6,9-10,15-16,18-22H2,1-5H3. The molecule has 40 heavy (non-hydrogen) atoms. The Bertz CT molecular complexity index is 1320. The van der Waals surface area contributed by atoms with Gasteiger partial charge in [0.2, 0.25) is 0 Å². The molecule has 1 fully saturated rings. The summed E-state index contributed by atoms with van der Waals surface area (Å²) in [4.78, 5) is 30.8. The summed E-state index contributed by atoms with van der Waals surface area (Å²) in [5.74, 6) is 1.15. The molecule has 0 aliphatic carbocycles. The van der Waals surface area contributed by atoms with E-state index in [2.05, 4.69) is 44.7 Å². The number of likely N-dealkylation sites (tertiary alicyclic amines) is 1. The summed E-state index contributed by atoms with van der Waals surface area (Å²) in [5.41, 5.74) is 4.73. The molecule has 1 saturated heterocycles. The molecule has 3 heterocycles. The Labute approximate surface area is 240 Å². The molecule has 0 radical (unpaired) electrons. The van der Waals surface area contributed by atoms with Gasteiger partial charge < -0.3 is 4.90 Å². The molecule has 3 aromatic rings. The van der Waals surface area contributed by atoms with E-state index in [1.54, 1.807) is 6.92 Å². The molecule has 1 aromatic carbocycles. The summed E-state index contributed by atoms with van der Waals surface area (Å²) >= 11 is 0. The van der Waals surface area contributed by atoms with Gasteiger partial charge in [-0.1, -0.05) is 70.5 Å². The van der Waals surface area contributed by atoms with Crippen molar-refractivity contribution in [3.63, 3.8) is 0 Å². The highest BCUT2D eigenvalue weighted by molar-refractivity contribution is 6.02. The molecule has 1 aliphatic heterocycles. The van der Waals surface area contributed by atoms with E-state index in [0.717, 1.165) is 67.9 Å². The predicted molar refractivity (Wildman–Crippen MR) is 165 cm³/mol. The minimum atomic E-state index is 0.0118. The average molecular weight is 543 g/mol. The van der Waals surface area contributed by atoms with Crippen LogP contribution in [0.3, 0.4) is 0 Å². The Balaban J connectivity index is 1.75. The minimum absolute atomic E-state index is 0.0118. The molecule has 6 nitrogen and oxygen atoms in total. The quantitative estimate of drug-likeness (QED) is 0.226. The van der Waals surface area contributed by atoms with Crippen LogP contribution in [0.2, 0.25) is 0 Å². The van der Waals surface area contributed by atoms with Crippen LogP contribution in [0, 0.1) is 11.8 Å². The number of Topliss-reactive ketones (excluding diaryl/α,β-unsaturated/α-hetero) is 1. The van der Waals surface area contributed by atoms with Crippen molar-refractivity contribution in [1.82, 2.24) is 19.4 Å². The molecule has 0 N–H and O–H groups in total. The summed E-state index contributed by atoms with van der Waals surface area (Å²) in [5, 5.41) is 4.93. The van der Waals surface area contributed by atoms with Gasteiger partial charge in [0.1, 0.15) is 5.69 Å². The van der Waals surface area contributed by atoms with Crippen LogP contribution in [0.15, 0.2) is 48.7 Å². The van der Waals surface area contributed by atoms with Crippen molar-refractivity contribution in [3.8, 4) is 11.3 Å². The zero-order valence-corrected chi connectivity index (χ0v) is 25.0. The largest absolute Gasteiger partial charge is 0.339 e. The molecule has 0 unspecified atom stereocenters. The number of nitrogens with zero attached hydrogens (tertiary/aromatic N) is 4. The van der Waals surface area contributed by atoms with Crippen molar-refractivity contribution in [3.05, 3.63) is 65.4 Å². The Hall–Kier alpha value is -3.25. The number of carbonyl (C=O) groups excluding carboxylic acids is 2. The number of ketones is 1. The fraction of sp³-hybridized carbons (Fsp3) is 0.500. The molecule has 0 atom stereocenters. The Kier molecular flexibility index (Phi) is 10.3. The van der Waals surface area contributed by atoms with E-state index in [0.29, 0.717) is 23.0 Å². The first-order valence-corrected chi connectivity index (χ1v) is 15.1. The van der Waals surface area contributed by atoms with Crippen molar-refractivity contribution in [2.75, 3.05) is 32.7 Å². The zero-order chi connectivity index (χ0) is 28.6. The Morgan fingerprint density at radius 3 is 2.30 bits per heavy atom. The van der Waals surface area contributed by atoms with E-state index < -0.39 is 0 Å². The second-order valence-corrected chi connectivity index (χ2v) is 12.0. The van der Waals surface area contributed by atoms with Gasteiger partial charge >= 0.3 is 0 Å². The van der Waals surface area contributed by atoms with Crippen LogP contribution in [0.1, 0.15) is 93.0 Å². The van der Waals surface area contributed by atoms with E-state index in [1.807, 2.05) is 52.0 Å². The second-order valence-electron chi connectivity index (χ2n) is 12.0. The fourth-order valence-corrected chi connectivity index (χ4v) is 5.34. The third-order valence-electron chi connectivity index (χ3n) is 7.82. The van der Waals surface area contributed by atoms with Gasteiger partial charge in [0, 0.05) is 48.1 Å². The van der Waals surface area contributed by atoms with E-state index in [9.17, 15) is 9.59 Å². The van der Waals surface area contributed by atoms with Crippen LogP contribution in [-0.2, 0) is 0 Å². The molecule has 0 spiro atoms. The lowest BCUT2D eigenvalue weighted by Gasteiger charge is -2.25. The smallest absolute Gasteiger partial charge is 0.253 e. The molecular formula is C34H46N4O2. The van der Waals surface area contributed by atoms with Gasteiger partial charge in [-0.2, -0.15) is 5.10 Å². The van der Waals surface area contributed by atoms with Gasteiger partial charge in [-0.25, -0.2) is 4.52 Å². The third-order valence-corrected chi connectivity index (χ3v) is 7.82. The maximum Gasteiger partial charge on any atom is 0.253 e. The molecular weight excluding hydrogens is 496 g/mol. The average Bonchev–Trinajstić information content (AvgIpc) is 3.30. The number of hydrogen-bond donors (Lipinski definition) is 0. The summed E-state index contributed by atoms with van der Waals surface area (Å²) in [6.45, 7) is 15.0. The van der Waals surface area contributed by atoms with E-state index in [4.69, 9.17) is 5.10 Å². The molecule has 1 amide bonds. The summed E-state index contributed by atoms with van der Waals surface area (Å²) in [7, 11) is 0. The van der Waals surface area contributed by atoms with Gasteiger partial charge in [-0.15, -0.1) is 0 Å². The van der Waals surface area contributed by atoms with Crippen molar-refractivity contribution in [1.29, 1.82) is 0 Å². The number of piperidine rings is 1. The number of fused-ring (bicyclic) bond motifs is 1. The zero-order valence-electron chi connectivity index (χ0n) is 25.0. The lowest BCUT2D eigenvalue weighted by molar-refractivity contribution is 0.0740. The molecule has 0 bridgehead atoms. The number of amides is 1. The van der Waals surface area contributed by atoms with Crippen LogP contribution in [0.4, 0.5) is 0 Å². The monoisotopic (exact) mass is 542 g/mol. The van der Waals surface area contributed by atoms with Gasteiger partial charge in [-0.3, -0.25) is 14.5 Å². The number of pyridine rings is 1. The topological polar surface area (TPSA) is 57.9 Å². The van der Waals surface area contributed by atoms with Crippen LogP contribution >= 0.6 is 0 Å². The van der Waals surface area contributed by atoms with E-state index in [1.165, 1.54) is 19.3 Å². The van der Waals surface area contributed by atoms with E-state index >= 15 is 0 Å². The highest BCUT2D eigenvalue weighted by Gasteiger charge is 2.21. The second kappa shape index (κ2) is 13.9. The number of rotatable bonds is 12. The Morgan fingerprint density at radius 2 is 1.65 bits per heavy atom. The van der Waals surface area contributed by atoms with Gasteiger partial charge in [0.25, 0.3) is 5.91 Å². The maximum absolute atomic E-state index is 13.8. The highest BCUT2D eigenvalue weighted by atomic mass is 16.2. The molecule has 1 aliphatic rings. The van der Waals surface area contributed by atoms with Gasteiger partial charge in [-0.05, 0) is 69.7 Å². The molecule has 214 valence electrons. The molecule has 6 heteroatoms. The minimum Gasteiger partial charge on any atom is -0.339 e. The molecule has 2 aromatic heterocycles. The van der Waals surface area contributed by atoms with E-state index in [-0.39, 0.29) is 11.7 Å².